The van der Waals surface area contributed by atoms with Gasteiger partial charge >= 0.3 is 5.97 Å². The van der Waals surface area contributed by atoms with Gasteiger partial charge in [-0.15, -0.1) is 0 Å². The van der Waals surface area contributed by atoms with Crippen LogP contribution in [0.3, 0.4) is 0 Å². The largest absolute Gasteiger partial charge is 0.492 e. The molecule has 3 aromatic carbocycles. The molecule has 4 rings (SSSR count). The van der Waals surface area contributed by atoms with E-state index in [0.717, 1.165) is 10.8 Å². The molecular formula is C39H49N7O10. The summed E-state index contributed by atoms with van der Waals surface area (Å²) in [6.07, 6.45) is -0.443. The molecule has 1 aliphatic rings. The number of benzene rings is 3. The van der Waals surface area contributed by atoms with Crippen molar-refractivity contribution in [3.63, 3.8) is 0 Å². The van der Waals surface area contributed by atoms with Gasteiger partial charge in [0.05, 0.1) is 0 Å². The molecule has 6 amide bonds. The van der Waals surface area contributed by atoms with E-state index < -0.39 is 65.6 Å². The van der Waals surface area contributed by atoms with Crippen molar-refractivity contribution in [2.24, 2.45) is 11.5 Å². The van der Waals surface area contributed by atoms with Crippen LogP contribution in [0.5, 0.6) is 5.75 Å². The SMILES string of the molecule is NCCOc1ccc(C[C@H](NC=O)C(=O)N[C@@H](Cc2ccc3ccccc3c2)C(=O)NC2(C(=O)N[C@@H](CCC(=O)O)C(=O)NCCC(N)=O)CCOCC2)cc1. The van der Waals surface area contributed by atoms with Crippen molar-refractivity contribution in [3.05, 3.63) is 77.9 Å². The summed E-state index contributed by atoms with van der Waals surface area (Å²) in [5.74, 6) is -4.16. The van der Waals surface area contributed by atoms with Crippen LogP contribution in [-0.2, 0) is 51.1 Å². The number of nitrogens with two attached hydrogens (primary N) is 2. The predicted molar refractivity (Wildman–Crippen MR) is 204 cm³/mol. The molecule has 3 aromatic rings. The number of amides is 6. The van der Waals surface area contributed by atoms with Crippen molar-refractivity contribution < 1.29 is 48.1 Å². The highest BCUT2D eigenvalue weighted by atomic mass is 16.5. The fraction of sp³-hybridized carbons (Fsp3) is 0.410. The average molecular weight is 776 g/mol. The molecule has 0 unspecified atom stereocenters. The molecule has 1 heterocycles. The maximum atomic E-state index is 14.4. The Morgan fingerprint density at radius 1 is 0.821 bits per heavy atom. The Kier molecular flexibility index (Phi) is 16.1. The summed E-state index contributed by atoms with van der Waals surface area (Å²) in [6, 6.07) is 16.5. The van der Waals surface area contributed by atoms with E-state index in [2.05, 4.69) is 26.6 Å². The first-order valence-electron chi connectivity index (χ1n) is 18.3. The Bertz CT molecular complexity index is 1850. The summed E-state index contributed by atoms with van der Waals surface area (Å²) in [5, 5.41) is 24.4. The van der Waals surface area contributed by atoms with Crippen molar-refractivity contribution in [2.45, 2.75) is 68.6 Å². The number of primary amides is 1. The van der Waals surface area contributed by atoms with Crippen molar-refractivity contribution in [1.29, 1.82) is 0 Å². The summed E-state index contributed by atoms with van der Waals surface area (Å²) in [5.41, 5.74) is 10.5. The molecule has 3 atom stereocenters. The summed E-state index contributed by atoms with van der Waals surface area (Å²) < 4.78 is 11.0. The van der Waals surface area contributed by atoms with Crippen LogP contribution >= 0.6 is 0 Å². The van der Waals surface area contributed by atoms with Gasteiger partial charge in [-0.05, 0) is 40.5 Å². The van der Waals surface area contributed by atoms with Crippen LogP contribution in [0.2, 0.25) is 0 Å². The zero-order chi connectivity index (χ0) is 40.5. The molecule has 0 bridgehead atoms. The summed E-state index contributed by atoms with van der Waals surface area (Å²) in [6.45, 7) is 0.675. The van der Waals surface area contributed by atoms with Gasteiger partial charge in [0.15, 0.2) is 0 Å². The number of aliphatic carboxylic acids is 1. The van der Waals surface area contributed by atoms with Gasteiger partial charge in [-0.1, -0.05) is 54.6 Å². The number of ether oxygens (including phenoxy) is 2. The van der Waals surface area contributed by atoms with E-state index in [1.165, 1.54) is 0 Å². The minimum absolute atomic E-state index is 0.00109. The molecule has 1 aliphatic heterocycles. The lowest BCUT2D eigenvalue weighted by molar-refractivity contribution is -0.141. The molecule has 17 heteroatoms. The second kappa shape index (κ2) is 21.1. The molecule has 10 N–H and O–H groups in total. The van der Waals surface area contributed by atoms with Crippen LogP contribution in [0, 0.1) is 0 Å². The quantitative estimate of drug-likeness (QED) is 0.0607. The highest BCUT2D eigenvalue weighted by Crippen LogP contribution is 2.23. The van der Waals surface area contributed by atoms with Gasteiger partial charge in [-0.3, -0.25) is 33.6 Å². The second-order valence-corrected chi connectivity index (χ2v) is 13.4. The highest BCUT2D eigenvalue weighted by Gasteiger charge is 2.44. The van der Waals surface area contributed by atoms with Gasteiger partial charge < -0.3 is 52.6 Å². The summed E-state index contributed by atoms with van der Waals surface area (Å²) >= 11 is 0. The molecule has 0 aliphatic carbocycles. The lowest BCUT2D eigenvalue weighted by Gasteiger charge is -2.38. The standard InChI is InChI=1S/C39H49N7O10/c40-16-20-56-29-9-6-25(7-10-29)22-31(43-24-47)36(52)44-32(23-26-5-8-27-3-1-2-4-28(27)21-26)37(53)46-39(14-18-55-19-15-39)38(54)45-30(11-12-34(49)50)35(51)42-17-13-33(41)48/h1-10,21,24,30-32H,11-20,22-23,40H2,(H2,41,48)(H,42,51)(H,43,47)(H,44,52)(H,45,54)(H,46,53)(H,49,50)/t30-,31-,32-/m0/s1. The van der Waals surface area contributed by atoms with Crippen LogP contribution in [0.4, 0.5) is 0 Å². The number of carboxylic acids is 1. The Hall–Kier alpha value is -6.07. The lowest BCUT2D eigenvalue weighted by atomic mass is 9.87. The number of nitrogens with one attached hydrogen (secondary N) is 5. The molecule has 300 valence electrons. The maximum absolute atomic E-state index is 14.4. The van der Waals surface area contributed by atoms with Gasteiger partial charge in [-0.25, -0.2) is 0 Å². The zero-order valence-corrected chi connectivity index (χ0v) is 30.9. The van der Waals surface area contributed by atoms with Crippen molar-refractivity contribution in [1.82, 2.24) is 26.6 Å². The predicted octanol–water partition coefficient (Wildman–Crippen LogP) is -0.431. The molecule has 0 radical (unpaired) electrons. The Balaban J connectivity index is 1.60. The molecule has 56 heavy (non-hydrogen) atoms. The second-order valence-electron chi connectivity index (χ2n) is 13.4. The first-order chi connectivity index (χ1) is 26.9. The Morgan fingerprint density at radius 3 is 2.16 bits per heavy atom. The normalized spacial score (nSPS) is 14.9. The van der Waals surface area contributed by atoms with Crippen molar-refractivity contribution in [3.8, 4) is 5.75 Å². The van der Waals surface area contributed by atoms with Crippen LogP contribution in [0.1, 0.15) is 43.2 Å². The molecule has 0 saturated carbocycles. The molecular weight excluding hydrogens is 726 g/mol. The first-order valence-corrected chi connectivity index (χ1v) is 18.3. The van der Waals surface area contributed by atoms with Gasteiger partial charge in [0.25, 0.3) is 0 Å². The number of fused-ring (bicyclic) bond motifs is 1. The van der Waals surface area contributed by atoms with Gasteiger partial charge in [-0.2, -0.15) is 0 Å². The van der Waals surface area contributed by atoms with Gasteiger partial charge in [0.1, 0.15) is 36.0 Å². The van der Waals surface area contributed by atoms with Crippen molar-refractivity contribution in [2.75, 3.05) is 32.9 Å². The van der Waals surface area contributed by atoms with E-state index in [0.29, 0.717) is 36.4 Å². The van der Waals surface area contributed by atoms with E-state index in [-0.39, 0.29) is 58.3 Å². The smallest absolute Gasteiger partial charge is 0.303 e. The monoisotopic (exact) mass is 775 g/mol. The summed E-state index contributed by atoms with van der Waals surface area (Å²) in [4.78, 5) is 89.6. The lowest BCUT2D eigenvalue weighted by Crippen LogP contribution is -2.66. The van der Waals surface area contributed by atoms with Crippen LogP contribution in [0.15, 0.2) is 66.7 Å². The molecule has 0 spiro atoms. The molecule has 0 aromatic heterocycles. The van der Waals surface area contributed by atoms with Crippen molar-refractivity contribution >= 4 is 52.7 Å². The van der Waals surface area contributed by atoms with Crippen LogP contribution in [-0.4, -0.2) is 104 Å². The minimum atomic E-state index is -1.62. The average Bonchev–Trinajstić information content (AvgIpc) is 3.18. The highest BCUT2D eigenvalue weighted by molar-refractivity contribution is 5.98. The zero-order valence-electron chi connectivity index (χ0n) is 30.9. The fourth-order valence-corrected chi connectivity index (χ4v) is 6.24. The topological polar surface area (TPSA) is 270 Å². The van der Waals surface area contributed by atoms with E-state index >= 15 is 0 Å². The van der Waals surface area contributed by atoms with E-state index in [1.54, 1.807) is 24.3 Å². The fourth-order valence-electron chi connectivity index (χ4n) is 6.24. The number of rotatable bonds is 22. The number of carbonyl (C=O) groups excluding carboxylic acids is 6. The van der Waals surface area contributed by atoms with Crippen LogP contribution < -0.4 is 42.8 Å². The number of carbonyl (C=O) groups is 7. The Labute approximate surface area is 323 Å². The van der Waals surface area contributed by atoms with Gasteiger partial charge in [0.2, 0.25) is 35.9 Å². The Morgan fingerprint density at radius 2 is 1.50 bits per heavy atom. The number of hydrogen-bond donors (Lipinski definition) is 8. The molecule has 17 nitrogen and oxygen atoms in total. The summed E-state index contributed by atoms with van der Waals surface area (Å²) in [7, 11) is 0. The minimum Gasteiger partial charge on any atom is -0.492 e. The maximum Gasteiger partial charge on any atom is 0.303 e. The third kappa shape index (κ3) is 12.8. The number of carboxylic acid groups (broad SMARTS) is 1. The molecule has 1 saturated heterocycles. The molecule has 1 fully saturated rings. The van der Waals surface area contributed by atoms with E-state index in [4.69, 9.17) is 20.9 Å². The van der Waals surface area contributed by atoms with Gasteiger partial charge in [0, 0.05) is 64.8 Å². The third-order valence-electron chi connectivity index (χ3n) is 9.30. The third-order valence-corrected chi connectivity index (χ3v) is 9.30. The van der Waals surface area contributed by atoms with E-state index in [9.17, 15) is 38.7 Å². The van der Waals surface area contributed by atoms with E-state index in [1.807, 2.05) is 42.5 Å². The first kappa shape index (κ1) is 42.7. The number of hydrogen-bond acceptors (Lipinski definition) is 10. The van der Waals surface area contributed by atoms with Crippen LogP contribution in [0.25, 0.3) is 10.8 Å².